The van der Waals surface area contributed by atoms with Crippen LogP contribution in [0.25, 0.3) is 0 Å². The van der Waals surface area contributed by atoms with Gasteiger partial charge in [-0.3, -0.25) is 9.59 Å². The van der Waals surface area contributed by atoms with Crippen molar-refractivity contribution in [2.75, 3.05) is 17.2 Å². The Morgan fingerprint density at radius 1 is 1.30 bits per heavy atom. The molecule has 1 aromatic carbocycles. The van der Waals surface area contributed by atoms with E-state index in [1.165, 1.54) is 23.1 Å². The SMILES string of the molecule is CCOC(=O)c1c(NC(=O)C[C@H]2Sc3ccccc3NC2=O)sc2c1CC[C@H](C)C2. The highest BCUT2D eigenvalue weighted by Gasteiger charge is 2.32. The number of fused-ring (bicyclic) bond motifs is 2. The molecule has 2 aromatic rings. The number of hydrogen-bond donors (Lipinski definition) is 2. The minimum Gasteiger partial charge on any atom is -0.462 e. The van der Waals surface area contributed by atoms with Gasteiger partial charge in [-0.2, -0.15) is 0 Å². The summed E-state index contributed by atoms with van der Waals surface area (Å²) in [5.41, 5.74) is 2.27. The number of thioether (sulfide) groups is 1. The summed E-state index contributed by atoms with van der Waals surface area (Å²) in [6.07, 6.45) is 2.77. The van der Waals surface area contributed by atoms with Crippen molar-refractivity contribution in [1.82, 2.24) is 0 Å². The molecule has 2 amide bonds. The molecule has 0 saturated carbocycles. The Morgan fingerprint density at radius 2 is 2.10 bits per heavy atom. The summed E-state index contributed by atoms with van der Waals surface area (Å²) >= 11 is 2.85. The van der Waals surface area contributed by atoms with Gasteiger partial charge in [-0.05, 0) is 49.8 Å². The Morgan fingerprint density at radius 3 is 2.90 bits per heavy atom. The summed E-state index contributed by atoms with van der Waals surface area (Å²) in [6, 6.07) is 7.54. The zero-order valence-electron chi connectivity index (χ0n) is 16.9. The standard InChI is InChI=1S/C22H24N2O4S2/c1-3-28-22(27)19-13-9-8-12(2)10-16(13)30-21(19)24-18(25)11-17-20(26)23-14-6-4-5-7-15(14)29-17/h4-7,12,17H,3,8-11H2,1-2H3,(H,23,26)(H,24,25)/t12-,17+/m0/s1. The maximum Gasteiger partial charge on any atom is 0.341 e. The second kappa shape index (κ2) is 8.81. The van der Waals surface area contributed by atoms with Gasteiger partial charge < -0.3 is 15.4 Å². The summed E-state index contributed by atoms with van der Waals surface area (Å²) in [5, 5.41) is 5.79. The second-order valence-corrected chi connectivity index (χ2v) is 9.97. The first-order valence-electron chi connectivity index (χ1n) is 10.1. The lowest BCUT2D eigenvalue weighted by Crippen LogP contribution is -2.32. The van der Waals surface area contributed by atoms with Crippen LogP contribution >= 0.6 is 23.1 Å². The van der Waals surface area contributed by atoms with Gasteiger partial charge in [0.15, 0.2) is 0 Å². The highest BCUT2D eigenvalue weighted by Crippen LogP contribution is 2.41. The Bertz CT molecular complexity index is 1000. The van der Waals surface area contributed by atoms with Gasteiger partial charge in [0, 0.05) is 16.2 Å². The average Bonchev–Trinajstić information content (AvgIpc) is 3.05. The van der Waals surface area contributed by atoms with E-state index in [2.05, 4.69) is 17.6 Å². The van der Waals surface area contributed by atoms with Gasteiger partial charge in [-0.15, -0.1) is 23.1 Å². The van der Waals surface area contributed by atoms with Crippen LogP contribution in [0.2, 0.25) is 0 Å². The predicted octanol–water partition coefficient (Wildman–Crippen LogP) is 4.49. The summed E-state index contributed by atoms with van der Waals surface area (Å²) in [7, 11) is 0. The predicted molar refractivity (Wildman–Crippen MR) is 119 cm³/mol. The highest BCUT2D eigenvalue weighted by atomic mass is 32.2. The van der Waals surface area contributed by atoms with Gasteiger partial charge in [0.2, 0.25) is 11.8 Å². The van der Waals surface area contributed by atoms with Crippen LogP contribution in [0, 0.1) is 5.92 Å². The van der Waals surface area contributed by atoms with E-state index >= 15 is 0 Å². The number of esters is 1. The van der Waals surface area contributed by atoms with Crippen molar-refractivity contribution in [1.29, 1.82) is 0 Å². The zero-order valence-corrected chi connectivity index (χ0v) is 18.6. The van der Waals surface area contributed by atoms with Crippen molar-refractivity contribution < 1.29 is 19.1 Å². The van der Waals surface area contributed by atoms with E-state index in [0.717, 1.165) is 40.3 Å². The number of carbonyl (C=O) groups is 3. The van der Waals surface area contributed by atoms with Crippen molar-refractivity contribution in [2.45, 2.75) is 49.7 Å². The molecule has 0 bridgehead atoms. The summed E-state index contributed by atoms with van der Waals surface area (Å²) in [5.74, 6) is -0.297. The van der Waals surface area contributed by atoms with Crippen LogP contribution in [-0.4, -0.2) is 29.6 Å². The summed E-state index contributed by atoms with van der Waals surface area (Å²) < 4.78 is 5.26. The van der Waals surface area contributed by atoms with Crippen molar-refractivity contribution in [3.05, 3.63) is 40.3 Å². The molecule has 0 radical (unpaired) electrons. The molecule has 6 nitrogen and oxygen atoms in total. The van der Waals surface area contributed by atoms with Crippen LogP contribution in [0.4, 0.5) is 10.7 Å². The Hall–Kier alpha value is -2.32. The second-order valence-electron chi connectivity index (χ2n) is 7.62. The van der Waals surface area contributed by atoms with E-state index < -0.39 is 11.2 Å². The number of amides is 2. The number of rotatable bonds is 5. The maximum atomic E-state index is 12.8. The smallest absolute Gasteiger partial charge is 0.341 e. The van der Waals surface area contributed by atoms with Gasteiger partial charge in [0.1, 0.15) is 5.00 Å². The number of carbonyl (C=O) groups excluding carboxylic acids is 3. The van der Waals surface area contributed by atoms with Crippen molar-refractivity contribution in [3.63, 3.8) is 0 Å². The van der Waals surface area contributed by atoms with Crippen LogP contribution in [0.3, 0.4) is 0 Å². The number of thiophene rings is 1. The van der Waals surface area contributed by atoms with E-state index in [0.29, 0.717) is 16.5 Å². The molecule has 1 aliphatic heterocycles. The van der Waals surface area contributed by atoms with Crippen molar-refractivity contribution >= 4 is 51.6 Å². The molecular formula is C22H24N2O4S2. The van der Waals surface area contributed by atoms with E-state index in [1.54, 1.807) is 6.92 Å². The number of ether oxygens (including phenoxy) is 1. The molecule has 2 atom stereocenters. The third-order valence-electron chi connectivity index (χ3n) is 5.32. The Labute approximate surface area is 183 Å². The minimum atomic E-state index is -0.513. The molecule has 1 aliphatic carbocycles. The molecule has 2 aliphatic rings. The van der Waals surface area contributed by atoms with Gasteiger partial charge >= 0.3 is 5.97 Å². The van der Waals surface area contributed by atoms with Crippen LogP contribution in [-0.2, 0) is 27.2 Å². The van der Waals surface area contributed by atoms with E-state index in [-0.39, 0.29) is 24.8 Å². The van der Waals surface area contributed by atoms with Gasteiger partial charge in [-0.1, -0.05) is 19.1 Å². The molecule has 4 rings (SSSR count). The molecule has 0 spiro atoms. The molecule has 1 aromatic heterocycles. The van der Waals surface area contributed by atoms with Gasteiger partial charge in [0.05, 0.1) is 23.1 Å². The minimum absolute atomic E-state index is 0.0338. The fourth-order valence-corrected chi connectivity index (χ4v) is 6.36. The molecule has 0 saturated heterocycles. The van der Waals surface area contributed by atoms with Crippen molar-refractivity contribution in [3.8, 4) is 0 Å². The lowest BCUT2D eigenvalue weighted by Gasteiger charge is -2.23. The fourth-order valence-electron chi connectivity index (χ4n) is 3.83. The molecular weight excluding hydrogens is 420 g/mol. The average molecular weight is 445 g/mol. The van der Waals surface area contributed by atoms with Crippen LogP contribution < -0.4 is 10.6 Å². The maximum absolute atomic E-state index is 12.8. The molecule has 2 N–H and O–H groups in total. The van der Waals surface area contributed by atoms with Crippen LogP contribution in [0.1, 0.15) is 47.5 Å². The van der Waals surface area contributed by atoms with Gasteiger partial charge in [-0.25, -0.2) is 4.79 Å². The third kappa shape index (κ3) is 4.25. The van der Waals surface area contributed by atoms with Crippen LogP contribution in [0.5, 0.6) is 0 Å². The molecule has 8 heteroatoms. The Balaban J connectivity index is 1.52. The number of hydrogen-bond acceptors (Lipinski definition) is 6. The van der Waals surface area contributed by atoms with E-state index in [1.807, 2.05) is 24.3 Å². The normalized spacial score (nSPS) is 20.0. The molecule has 30 heavy (non-hydrogen) atoms. The van der Waals surface area contributed by atoms with Crippen LogP contribution in [0.15, 0.2) is 29.2 Å². The lowest BCUT2D eigenvalue weighted by molar-refractivity contribution is -0.120. The summed E-state index contributed by atoms with van der Waals surface area (Å²) in [4.78, 5) is 39.9. The molecule has 0 fully saturated rings. The number of anilines is 2. The monoisotopic (exact) mass is 444 g/mol. The number of para-hydroxylation sites is 1. The fraction of sp³-hybridized carbons (Fsp3) is 0.409. The van der Waals surface area contributed by atoms with E-state index in [9.17, 15) is 14.4 Å². The summed E-state index contributed by atoms with van der Waals surface area (Å²) in [6.45, 7) is 4.25. The first-order chi connectivity index (χ1) is 14.5. The topological polar surface area (TPSA) is 84.5 Å². The molecule has 2 heterocycles. The zero-order chi connectivity index (χ0) is 21.3. The quantitative estimate of drug-likeness (QED) is 0.664. The van der Waals surface area contributed by atoms with Crippen molar-refractivity contribution in [2.24, 2.45) is 5.92 Å². The van der Waals surface area contributed by atoms with E-state index in [4.69, 9.17) is 4.74 Å². The number of nitrogens with one attached hydrogen (secondary N) is 2. The lowest BCUT2D eigenvalue weighted by atomic mass is 9.88. The molecule has 0 unspecified atom stereocenters. The third-order valence-corrected chi connectivity index (χ3v) is 7.77. The Kier molecular flexibility index (Phi) is 6.15. The first-order valence-corrected chi connectivity index (χ1v) is 11.8. The molecule has 158 valence electrons. The van der Waals surface area contributed by atoms with Gasteiger partial charge in [0.25, 0.3) is 0 Å². The first kappa shape index (κ1) is 20.9. The largest absolute Gasteiger partial charge is 0.462 e. The number of benzene rings is 1. The highest BCUT2D eigenvalue weighted by molar-refractivity contribution is 8.01.